The van der Waals surface area contributed by atoms with E-state index in [9.17, 15) is 19.5 Å². The lowest BCUT2D eigenvalue weighted by Crippen LogP contribution is -2.37. The molecule has 29 heavy (non-hydrogen) atoms. The summed E-state index contributed by atoms with van der Waals surface area (Å²) < 4.78 is 0. The van der Waals surface area contributed by atoms with Gasteiger partial charge in [0.15, 0.2) is 0 Å². The van der Waals surface area contributed by atoms with Gasteiger partial charge in [0.1, 0.15) is 5.00 Å². The van der Waals surface area contributed by atoms with Crippen LogP contribution in [0.4, 0.5) is 5.00 Å². The van der Waals surface area contributed by atoms with Crippen LogP contribution in [0, 0.1) is 25.7 Å². The number of hydrogen-bond donors (Lipinski definition) is 3. The number of anilines is 1. The van der Waals surface area contributed by atoms with Gasteiger partial charge < -0.3 is 15.7 Å². The molecular weight excluding hydrogens is 388 g/mol. The Balaban J connectivity index is 1.82. The Morgan fingerprint density at radius 1 is 0.966 bits per heavy atom. The first-order chi connectivity index (χ1) is 13.7. The monoisotopic (exact) mass is 418 g/mol. The van der Waals surface area contributed by atoms with E-state index in [0.717, 1.165) is 47.3 Å². The number of aliphatic carboxylic acids is 1. The first kappa shape index (κ1) is 21.6. The smallest absolute Gasteiger partial charge is 0.307 e. The zero-order valence-electron chi connectivity index (χ0n) is 17.6. The molecule has 0 radical (unpaired) electrons. The predicted octanol–water partition coefficient (Wildman–Crippen LogP) is 4.42. The number of carboxylic acid groups (broad SMARTS) is 1. The van der Waals surface area contributed by atoms with Crippen LogP contribution < -0.4 is 10.6 Å². The third-order valence-corrected chi connectivity index (χ3v) is 7.58. The van der Waals surface area contributed by atoms with Crippen LogP contribution in [0.3, 0.4) is 0 Å². The van der Waals surface area contributed by atoms with Crippen LogP contribution in [0.15, 0.2) is 11.1 Å². The van der Waals surface area contributed by atoms with Crippen molar-refractivity contribution in [2.45, 2.75) is 72.3 Å². The molecule has 0 bridgehead atoms. The second kappa shape index (κ2) is 8.69. The highest BCUT2D eigenvalue weighted by Gasteiger charge is 2.38. The van der Waals surface area contributed by atoms with Gasteiger partial charge in [-0.1, -0.05) is 24.0 Å². The summed E-state index contributed by atoms with van der Waals surface area (Å²) in [7, 11) is 0. The normalized spacial score (nSPS) is 22.6. The molecule has 2 unspecified atom stereocenters. The quantitative estimate of drug-likeness (QED) is 0.617. The van der Waals surface area contributed by atoms with Crippen molar-refractivity contribution in [3.8, 4) is 0 Å². The molecule has 158 valence electrons. The van der Waals surface area contributed by atoms with Crippen LogP contribution >= 0.6 is 11.3 Å². The predicted molar refractivity (Wildman–Crippen MR) is 114 cm³/mol. The molecule has 2 aliphatic rings. The van der Waals surface area contributed by atoms with Crippen molar-refractivity contribution in [1.82, 2.24) is 5.32 Å². The highest BCUT2D eigenvalue weighted by molar-refractivity contribution is 7.16. The van der Waals surface area contributed by atoms with Gasteiger partial charge in [-0.3, -0.25) is 14.4 Å². The molecule has 2 aliphatic carbocycles. The number of nitrogens with one attached hydrogen (secondary N) is 2. The largest absolute Gasteiger partial charge is 0.481 e. The molecule has 2 atom stereocenters. The number of carbonyl (C=O) groups excluding carboxylic acids is 2. The van der Waals surface area contributed by atoms with Crippen LogP contribution in [-0.2, 0) is 9.59 Å². The lowest BCUT2D eigenvalue weighted by atomic mass is 9.76. The zero-order chi connectivity index (χ0) is 21.3. The number of aryl methyl sites for hydroxylation is 1. The maximum atomic E-state index is 13.1. The minimum absolute atomic E-state index is 0.153. The van der Waals surface area contributed by atoms with E-state index < -0.39 is 17.8 Å². The van der Waals surface area contributed by atoms with Gasteiger partial charge in [0.25, 0.3) is 5.91 Å². The summed E-state index contributed by atoms with van der Waals surface area (Å²) in [6.45, 7) is 7.70. The Hall–Kier alpha value is -2.15. The van der Waals surface area contributed by atoms with Crippen molar-refractivity contribution < 1.29 is 19.5 Å². The van der Waals surface area contributed by atoms with E-state index in [1.165, 1.54) is 11.3 Å². The highest BCUT2D eigenvalue weighted by Crippen LogP contribution is 2.37. The summed E-state index contributed by atoms with van der Waals surface area (Å²) in [6.07, 6.45) is 5.05. The Morgan fingerprint density at radius 3 is 2.14 bits per heavy atom. The molecule has 7 heteroatoms. The SMILES string of the molecule is CC1=C(C)CC(C(=O)Nc2sc(C)c(C)c2C(=O)NC2CCCC2)C(C(=O)O)C1. The van der Waals surface area contributed by atoms with E-state index in [-0.39, 0.29) is 17.9 Å². The number of carboxylic acids is 1. The molecule has 1 aromatic heterocycles. The lowest BCUT2D eigenvalue weighted by Gasteiger charge is -2.29. The molecule has 0 spiro atoms. The molecule has 2 amide bonds. The maximum Gasteiger partial charge on any atom is 0.307 e. The number of allylic oxidation sites excluding steroid dienone is 2. The van der Waals surface area contributed by atoms with Crippen LogP contribution in [-0.4, -0.2) is 28.9 Å². The maximum absolute atomic E-state index is 13.1. The van der Waals surface area contributed by atoms with Gasteiger partial charge in [0, 0.05) is 10.9 Å². The van der Waals surface area contributed by atoms with Crippen molar-refractivity contribution in [2.24, 2.45) is 11.8 Å². The lowest BCUT2D eigenvalue weighted by molar-refractivity contribution is -0.146. The average molecular weight is 419 g/mol. The third-order valence-electron chi connectivity index (χ3n) is 6.46. The first-order valence-corrected chi connectivity index (χ1v) is 11.1. The van der Waals surface area contributed by atoms with Gasteiger partial charge in [-0.15, -0.1) is 11.3 Å². The van der Waals surface area contributed by atoms with Crippen LogP contribution in [0.2, 0.25) is 0 Å². The van der Waals surface area contributed by atoms with E-state index in [1.807, 2.05) is 27.7 Å². The highest BCUT2D eigenvalue weighted by atomic mass is 32.1. The van der Waals surface area contributed by atoms with Crippen molar-refractivity contribution in [3.63, 3.8) is 0 Å². The molecule has 0 aliphatic heterocycles. The van der Waals surface area contributed by atoms with E-state index in [1.54, 1.807) is 0 Å². The second-order valence-corrected chi connectivity index (χ2v) is 9.68. The summed E-state index contributed by atoms with van der Waals surface area (Å²) in [4.78, 5) is 38.7. The molecule has 1 saturated carbocycles. The molecule has 3 rings (SSSR count). The van der Waals surface area contributed by atoms with Crippen molar-refractivity contribution in [1.29, 1.82) is 0 Å². The Morgan fingerprint density at radius 2 is 1.55 bits per heavy atom. The number of rotatable bonds is 5. The van der Waals surface area contributed by atoms with Crippen LogP contribution in [0.5, 0.6) is 0 Å². The van der Waals surface area contributed by atoms with Gasteiger partial charge in [-0.05, 0) is 58.9 Å². The Labute approximate surface area is 175 Å². The number of amides is 2. The summed E-state index contributed by atoms with van der Waals surface area (Å²) >= 11 is 1.38. The molecule has 1 fully saturated rings. The van der Waals surface area contributed by atoms with E-state index >= 15 is 0 Å². The average Bonchev–Trinajstić information content (AvgIpc) is 3.25. The first-order valence-electron chi connectivity index (χ1n) is 10.3. The number of thiophene rings is 1. The van der Waals surface area contributed by atoms with Gasteiger partial charge in [0.05, 0.1) is 17.4 Å². The summed E-state index contributed by atoms with van der Waals surface area (Å²) in [6, 6.07) is 0.191. The van der Waals surface area contributed by atoms with Crippen LogP contribution in [0.1, 0.15) is 73.2 Å². The molecule has 1 aromatic rings. The molecule has 1 heterocycles. The van der Waals surface area contributed by atoms with Crippen molar-refractivity contribution in [3.05, 3.63) is 27.2 Å². The van der Waals surface area contributed by atoms with Gasteiger partial charge in [-0.2, -0.15) is 0 Å². The zero-order valence-corrected chi connectivity index (χ0v) is 18.4. The fourth-order valence-electron chi connectivity index (χ4n) is 4.35. The van der Waals surface area contributed by atoms with Gasteiger partial charge >= 0.3 is 5.97 Å². The van der Waals surface area contributed by atoms with Crippen LogP contribution in [0.25, 0.3) is 0 Å². The van der Waals surface area contributed by atoms with E-state index in [0.29, 0.717) is 23.4 Å². The van der Waals surface area contributed by atoms with E-state index in [4.69, 9.17) is 0 Å². The third kappa shape index (κ3) is 4.55. The Bertz CT molecular complexity index is 864. The Kier molecular flexibility index (Phi) is 6.46. The van der Waals surface area contributed by atoms with Gasteiger partial charge in [0.2, 0.25) is 5.91 Å². The molecule has 6 nitrogen and oxygen atoms in total. The minimum atomic E-state index is -0.949. The van der Waals surface area contributed by atoms with Gasteiger partial charge in [-0.25, -0.2) is 0 Å². The second-order valence-electron chi connectivity index (χ2n) is 8.45. The minimum Gasteiger partial charge on any atom is -0.481 e. The number of carbonyl (C=O) groups is 3. The van der Waals surface area contributed by atoms with Crippen molar-refractivity contribution >= 4 is 34.1 Å². The van der Waals surface area contributed by atoms with Crippen molar-refractivity contribution in [2.75, 3.05) is 5.32 Å². The fourth-order valence-corrected chi connectivity index (χ4v) is 5.41. The molecule has 3 N–H and O–H groups in total. The fraction of sp³-hybridized carbons (Fsp3) is 0.591. The number of hydrogen-bond acceptors (Lipinski definition) is 4. The molecular formula is C22H30N2O4S. The molecule has 0 aromatic carbocycles. The standard InChI is InChI=1S/C22H30N2O4S/c1-11-9-16(17(22(27)28)10-12(11)2)19(25)24-21-18(13(3)14(4)29-21)20(26)23-15-7-5-6-8-15/h15-17H,5-10H2,1-4H3,(H,23,26)(H,24,25)(H,27,28). The summed E-state index contributed by atoms with van der Waals surface area (Å²) in [5, 5.41) is 16.1. The van der Waals surface area contributed by atoms with E-state index in [2.05, 4.69) is 10.6 Å². The topological polar surface area (TPSA) is 95.5 Å². The summed E-state index contributed by atoms with van der Waals surface area (Å²) in [5.41, 5.74) is 3.49. The summed E-state index contributed by atoms with van der Waals surface area (Å²) in [5.74, 6) is -2.80. The molecule has 0 saturated heterocycles.